The molecule has 108 valence electrons. The largest absolute Gasteiger partial charge is 0.380 e. The van der Waals surface area contributed by atoms with Crippen molar-refractivity contribution in [3.8, 4) is 0 Å². The average Bonchev–Trinajstić information content (AvgIpc) is 2.37. The fourth-order valence-electron chi connectivity index (χ4n) is 1.56. The van der Waals surface area contributed by atoms with Gasteiger partial charge in [0, 0.05) is 29.8 Å². The van der Waals surface area contributed by atoms with Crippen LogP contribution in [-0.2, 0) is 11.3 Å². The lowest BCUT2D eigenvalue weighted by molar-refractivity contribution is 0.124. The molecule has 0 amide bonds. The van der Waals surface area contributed by atoms with Crippen molar-refractivity contribution in [2.45, 2.75) is 45.2 Å². The highest BCUT2D eigenvalue weighted by Crippen LogP contribution is 2.18. The van der Waals surface area contributed by atoms with Crippen LogP contribution in [0.3, 0.4) is 0 Å². The molecule has 0 aliphatic rings. The molecule has 3 heteroatoms. The molecule has 0 heterocycles. The van der Waals surface area contributed by atoms with E-state index in [0.717, 1.165) is 25.5 Å². The third-order valence-electron chi connectivity index (χ3n) is 2.59. The molecule has 19 heavy (non-hydrogen) atoms. The fourth-order valence-corrected chi connectivity index (χ4v) is 2.33. The maximum atomic E-state index is 5.57. The number of thioether (sulfide) groups is 1. The third kappa shape index (κ3) is 8.30. The molecule has 0 bridgehead atoms. The topological polar surface area (TPSA) is 21.3 Å². The molecule has 0 saturated carbocycles. The summed E-state index contributed by atoms with van der Waals surface area (Å²) in [5.74, 6) is 1.65. The first kappa shape index (κ1) is 16.5. The Labute approximate surface area is 122 Å². The summed E-state index contributed by atoms with van der Waals surface area (Å²) < 4.78 is 5.57. The minimum atomic E-state index is 0.534. The van der Waals surface area contributed by atoms with Gasteiger partial charge in [-0.05, 0) is 23.6 Å². The first-order valence-corrected chi connectivity index (χ1v) is 8.09. The van der Waals surface area contributed by atoms with Crippen molar-refractivity contribution < 1.29 is 4.74 Å². The van der Waals surface area contributed by atoms with E-state index in [1.54, 1.807) is 0 Å². The van der Waals surface area contributed by atoms with E-state index in [9.17, 15) is 0 Å². The molecule has 0 fully saturated rings. The summed E-state index contributed by atoms with van der Waals surface area (Å²) in [6.07, 6.45) is 0. The molecule has 1 aromatic rings. The van der Waals surface area contributed by atoms with Crippen LogP contribution < -0.4 is 5.32 Å². The molecule has 0 aromatic heterocycles. The van der Waals surface area contributed by atoms with Crippen LogP contribution in [-0.4, -0.2) is 25.0 Å². The SMILES string of the molecule is CC(C)COCCSc1ccc(CNC(C)C)cc1. The molecule has 2 nitrogen and oxygen atoms in total. The molecule has 1 aromatic carbocycles. The zero-order chi connectivity index (χ0) is 14.1. The Morgan fingerprint density at radius 3 is 2.37 bits per heavy atom. The van der Waals surface area contributed by atoms with Crippen molar-refractivity contribution in [3.63, 3.8) is 0 Å². The fraction of sp³-hybridized carbons (Fsp3) is 0.625. The van der Waals surface area contributed by atoms with Crippen molar-refractivity contribution in [2.24, 2.45) is 5.92 Å². The van der Waals surface area contributed by atoms with E-state index < -0.39 is 0 Å². The number of hydrogen-bond donors (Lipinski definition) is 1. The van der Waals surface area contributed by atoms with Gasteiger partial charge < -0.3 is 10.1 Å². The quantitative estimate of drug-likeness (QED) is 0.547. The lowest BCUT2D eigenvalue weighted by Gasteiger charge is -2.09. The van der Waals surface area contributed by atoms with Crippen LogP contribution in [0, 0.1) is 5.92 Å². The van der Waals surface area contributed by atoms with Gasteiger partial charge in [0.15, 0.2) is 0 Å². The standard InChI is InChI=1S/C16H27NOS/c1-13(2)12-18-9-10-19-16-7-5-15(6-8-16)11-17-14(3)4/h5-8,13-14,17H,9-12H2,1-4H3. The minimum absolute atomic E-state index is 0.534. The predicted molar refractivity (Wildman–Crippen MR) is 84.8 cm³/mol. The Balaban J connectivity index is 2.20. The van der Waals surface area contributed by atoms with Crippen LogP contribution in [0.5, 0.6) is 0 Å². The van der Waals surface area contributed by atoms with E-state index in [1.807, 2.05) is 11.8 Å². The summed E-state index contributed by atoms with van der Waals surface area (Å²) >= 11 is 1.86. The highest BCUT2D eigenvalue weighted by atomic mass is 32.2. The van der Waals surface area contributed by atoms with E-state index >= 15 is 0 Å². The van der Waals surface area contributed by atoms with Gasteiger partial charge >= 0.3 is 0 Å². The summed E-state index contributed by atoms with van der Waals surface area (Å²) in [6.45, 7) is 11.3. The highest BCUT2D eigenvalue weighted by Gasteiger charge is 1.98. The number of rotatable bonds is 9. The van der Waals surface area contributed by atoms with E-state index in [-0.39, 0.29) is 0 Å². The lowest BCUT2D eigenvalue weighted by Crippen LogP contribution is -2.21. The molecule has 1 rings (SSSR count). The van der Waals surface area contributed by atoms with E-state index in [4.69, 9.17) is 4.74 Å². The average molecular weight is 281 g/mol. The van der Waals surface area contributed by atoms with Gasteiger partial charge in [-0.1, -0.05) is 39.8 Å². The molecule has 0 spiro atoms. The van der Waals surface area contributed by atoms with E-state index in [0.29, 0.717) is 12.0 Å². The molecular weight excluding hydrogens is 254 g/mol. The Morgan fingerprint density at radius 1 is 1.11 bits per heavy atom. The maximum absolute atomic E-state index is 5.57. The molecule has 0 saturated heterocycles. The van der Waals surface area contributed by atoms with Crippen molar-refractivity contribution in [2.75, 3.05) is 19.0 Å². The van der Waals surface area contributed by atoms with Crippen molar-refractivity contribution in [1.29, 1.82) is 0 Å². The summed E-state index contributed by atoms with van der Waals surface area (Å²) in [4.78, 5) is 1.32. The smallest absolute Gasteiger partial charge is 0.0560 e. The van der Waals surface area contributed by atoms with Crippen LogP contribution in [0.2, 0.25) is 0 Å². The zero-order valence-electron chi connectivity index (χ0n) is 12.6. The van der Waals surface area contributed by atoms with Crippen LogP contribution >= 0.6 is 11.8 Å². The van der Waals surface area contributed by atoms with Gasteiger partial charge in [-0.3, -0.25) is 0 Å². The Bertz CT molecular complexity index is 335. The summed E-state index contributed by atoms with van der Waals surface area (Å²) in [5.41, 5.74) is 1.34. The molecule has 0 aliphatic carbocycles. The summed E-state index contributed by atoms with van der Waals surface area (Å²) in [5, 5.41) is 3.42. The highest BCUT2D eigenvalue weighted by molar-refractivity contribution is 7.99. The first-order chi connectivity index (χ1) is 9.08. The molecule has 0 atom stereocenters. The number of hydrogen-bond acceptors (Lipinski definition) is 3. The molecule has 0 aliphatic heterocycles. The van der Waals surface area contributed by atoms with Crippen LogP contribution in [0.25, 0.3) is 0 Å². The van der Waals surface area contributed by atoms with Gasteiger partial charge in [0.2, 0.25) is 0 Å². The van der Waals surface area contributed by atoms with Gasteiger partial charge in [0.1, 0.15) is 0 Å². The molecule has 0 unspecified atom stereocenters. The van der Waals surface area contributed by atoms with Crippen LogP contribution in [0.4, 0.5) is 0 Å². The molecule has 1 N–H and O–H groups in total. The van der Waals surface area contributed by atoms with Gasteiger partial charge in [-0.15, -0.1) is 11.8 Å². The normalized spacial score (nSPS) is 11.5. The predicted octanol–water partition coefficient (Wildman–Crippen LogP) is 3.95. The summed E-state index contributed by atoms with van der Waals surface area (Å²) in [7, 11) is 0. The Kier molecular flexibility index (Phi) is 8.19. The summed E-state index contributed by atoms with van der Waals surface area (Å²) in [6, 6.07) is 9.33. The molecule has 0 radical (unpaired) electrons. The Hall–Kier alpha value is -0.510. The van der Waals surface area contributed by atoms with Crippen molar-refractivity contribution >= 4 is 11.8 Å². The van der Waals surface area contributed by atoms with Gasteiger partial charge in [0.25, 0.3) is 0 Å². The second kappa shape index (κ2) is 9.40. The number of benzene rings is 1. The van der Waals surface area contributed by atoms with Crippen molar-refractivity contribution in [1.82, 2.24) is 5.32 Å². The van der Waals surface area contributed by atoms with Crippen LogP contribution in [0.15, 0.2) is 29.2 Å². The maximum Gasteiger partial charge on any atom is 0.0560 e. The first-order valence-electron chi connectivity index (χ1n) is 7.10. The monoisotopic (exact) mass is 281 g/mol. The van der Waals surface area contributed by atoms with Crippen molar-refractivity contribution in [3.05, 3.63) is 29.8 Å². The van der Waals surface area contributed by atoms with Gasteiger partial charge in [0.05, 0.1) is 6.61 Å². The third-order valence-corrected chi connectivity index (χ3v) is 3.56. The second-order valence-electron chi connectivity index (χ2n) is 5.50. The number of nitrogens with one attached hydrogen (secondary N) is 1. The second-order valence-corrected chi connectivity index (χ2v) is 6.67. The van der Waals surface area contributed by atoms with Gasteiger partial charge in [-0.2, -0.15) is 0 Å². The minimum Gasteiger partial charge on any atom is -0.380 e. The van der Waals surface area contributed by atoms with Gasteiger partial charge in [-0.25, -0.2) is 0 Å². The van der Waals surface area contributed by atoms with E-state index in [1.165, 1.54) is 10.5 Å². The zero-order valence-corrected chi connectivity index (χ0v) is 13.4. The lowest BCUT2D eigenvalue weighted by atomic mass is 10.2. The Morgan fingerprint density at radius 2 is 1.79 bits per heavy atom. The number of ether oxygens (including phenoxy) is 1. The molecular formula is C16H27NOS. The van der Waals surface area contributed by atoms with E-state index in [2.05, 4.69) is 57.3 Å². The van der Waals surface area contributed by atoms with Crippen LogP contribution in [0.1, 0.15) is 33.3 Å².